The zero-order valence-electron chi connectivity index (χ0n) is 10.6. The lowest BCUT2D eigenvalue weighted by Gasteiger charge is -2.27. The topological polar surface area (TPSA) is 37.8 Å². The molecule has 0 spiro atoms. The van der Waals surface area contributed by atoms with Crippen molar-refractivity contribution in [3.63, 3.8) is 0 Å². The number of hydrogen-bond acceptors (Lipinski definition) is 3. The molecule has 0 radical (unpaired) electrons. The Morgan fingerprint density at radius 2 is 2.00 bits per heavy atom. The minimum atomic E-state index is 0.709. The molecule has 0 amide bonds. The number of aromatic nitrogens is 2. The van der Waals surface area contributed by atoms with Gasteiger partial charge in [-0.2, -0.15) is 0 Å². The van der Waals surface area contributed by atoms with Gasteiger partial charge in [-0.1, -0.05) is 30.7 Å². The molecule has 1 N–H and O–H groups in total. The first-order chi connectivity index (χ1) is 8.88. The van der Waals surface area contributed by atoms with Crippen LogP contribution in [0.5, 0.6) is 0 Å². The van der Waals surface area contributed by atoms with Crippen molar-refractivity contribution in [3.8, 4) is 11.3 Å². The van der Waals surface area contributed by atoms with Crippen LogP contribution in [0, 0.1) is 0 Å². The Kier molecular flexibility index (Phi) is 2.97. The molecule has 0 saturated heterocycles. The van der Waals surface area contributed by atoms with Crippen LogP contribution in [0.1, 0.15) is 30.7 Å². The molecule has 1 fully saturated rings. The van der Waals surface area contributed by atoms with E-state index in [0.29, 0.717) is 5.92 Å². The first-order valence-corrected chi connectivity index (χ1v) is 6.47. The summed E-state index contributed by atoms with van der Waals surface area (Å²) in [5.41, 5.74) is 3.61. The van der Waals surface area contributed by atoms with Crippen LogP contribution < -0.4 is 5.32 Å². The molecule has 1 aliphatic rings. The highest BCUT2D eigenvalue weighted by Crippen LogP contribution is 2.40. The van der Waals surface area contributed by atoms with E-state index in [-0.39, 0.29) is 0 Å². The Labute approximate surface area is 107 Å². The second kappa shape index (κ2) is 4.77. The lowest BCUT2D eigenvalue weighted by Crippen LogP contribution is -2.10. The number of rotatable bonds is 3. The van der Waals surface area contributed by atoms with Crippen molar-refractivity contribution in [1.29, 1.82) is 0 Å². The third-order valence-electron chi connectivity index (χ3n) is 3.67. The zero-order chi connectivity index (χ0) is 12.4. The summed E-state index contributed by atoms with van der Waals surface area (Å²) in [6.07, 6.45) is 7.54. The van der Waals surface area contributed by atoms with Crippen LogP contribution in [0.15, 0.2) is 36.7 Å². The van der Waals surface area contributed by atoms with E-state index < -0.39 is 0 Å². The Morgan fingerprint density at radius 1 is 1.17 bits per heavy atom. The Hall–Kier alpha value is -1.90. The van der Waals surface area contributed by atoms with Gasteiger partial charge in [-0.3, -0.25) is 4.98 Å². The second-order valence-electron chi connectivity index (χ2n) is 4.75. The summed E-state index contributed by atoms with van der Waals surface area (Å²) in [5, 5.41) is 3.04. The molecular formula is C15H17N3. The predicted octanol–water partition coefficient (Wildman–Crippen LogP) is 3.45. The summed E-state index contributed by atoms with van der Waals surface area (Å²) >= 11 is 0. The molecule has 2 aromatic rings. The van der Waals surface area contributed by atoms with Gasteiger partial charge in [0.05, 0.1) is 18.1 Å². The number of hydrogen-bond donors (Lipinski definition) is 1. The standard InChI is InChI=1S/C15H17N3/c1-16-15-10-17-9-14(18-15)13-8-3-2-7-12(13)11-5-4-6-11/h2-3,7-11H,4-6H2,1H3,(H,16,18). The number of anilines is 1. The molecular weight excluding hydrogens is 222 g/mol. The van der Waals surface area contributed by atoms with Gasteiger partial charge in [-0.15, -0.1) is 0 Å². The molecule has 0 unspecified atom stereocenters. The summed E-state index contributed by atoms with van der Waals surface area (Å²) in [6, 6.07) is 8.57. The third-order valence-corrected chi connectivity index (χ3v) is 3.67. The minimum Gasteiger partial charge on any atom is -0.372 e. The Bertz CT molecular complexity index is 547. The van der Waals surface area contributed by atoms with E-state index in [1.54, 1.807) is 6.20 Å². The highest BCUT2D eigenvalue weighted by molar-refractivity contribution is 5.65. The van der Waals surface area contributed by atoms with Gasteiger partial charge in [0.1, 0.15) is 5.82 Å². The van der Waals surface area contributed by atoms with Gasteiger partial charge in [-0.25, -0.2) is 4.98 Å². The van der Waals surface area contributed by atoms with Gasteiger partial charge >= 0.3 is 0 Å². The lowest BCUT2D eigenvalue weighted by molar-refractivity contribution is 0.420. The van der Waals surface area contributed by atoms with Crippen molar-refractivity contribution in [2.45, 2.75) is 25.2 Å². The van der Waals surface area contributed by atoms with E-state index in [1.165, 1.54) is 30.4 Å². The fourth-order valence-corrected chi connectivity index (χ4v) is 2.42. The normalized spacial score (nSPS) is 15.2. The van der Waals surface area contributed by atoms with Crippen LogP contribution >= 0.6 is 0 Å². The van der Waals surface area contributed by atoms with Crippen molar-refractivity contribution in [3.05, 3.63) is 42.2 Å². The van der Waals surface area contributed by atoms with Crippen molar-refractivity contribution >= 4 is 5.82 Å². The highest BCUT2D eigenvalue weighted by atomic mass is 15.0. The molecule has 92 valence electrons. The maximum Gasteiger partial charge on any atom is 0.144 e. The molecule has 3 rings (SSSR count). The largest absolute Gasteiger partial charge is 0.372 e. The van der Waals surface area contributed by atoms with Gasteiger partial charge in [0, 0.05) is 12.6 Å². The molecule has 1 aromatic carbocycles. The van der Waals surface area contributed by atoms with E-state index in [0.717, 1.165) is 11.5 Å². The Morgan fingerprint density at radius 3 is 2.72 bits per heavy atom. The highest BCUT2D eigenvalue weighted by Gasteiger charge is 2.22. The summed E-state index contributed by atoms with van der Waals surface area (Å²) in [4.78, 5) is 8.84. The maximum absolute atomic E-state index is 4.59. The van der Waals surface area contributed by atoms with Crippen LogP contribution in [0.2, 0.25) is 0 Å². The van der Waals surface area contributed by atoms with Crippen molar-refractivity contribution in [1.82, 2.24) is 9.97 Å². The molecule has 1 aliphatic carbocycles. The number of nitrogens with zero attached hydrogens (tertiary/aromatic N) is 2. The van der Waals surface area contributed by atoms with E-state index >= 15 is 0 Å². The average Bonchev–Trinajstić information content (AvgIpc) is 2.37. The summed E-state index contributed by atoms with van der Waals surface area (Å²) in [6.45, 7) is 0. The Balaban J connectivity index is 2.04. The lowest BCUT2D eigenvalue weighted by atomic mass is 9.78. The smallest absolute Gasteiger partial charge is 0.144 e. The van der Waals surface area contributed by atoms with Crippen molar-refractivity contribution in [2.24, 2.45) is 0 Å². The minimum absolute atomic E-state index is 0.709. The van der Waals surface area contributed by atoms with Gasteiger partial charge in [0.2, 0.25) is 0 Å². The zero-order valence-corrected chi connectivity index (χ0v) is 10.6. The predicted molar refractivity (Wildman–Crippen MR) is 73.6 cm³/mol. The van der Waals surface area contributed by atoms with E-state index in [2.05, 4.69) is 39.6 Å². The van der Waals surface area contributed by atoms with Crippen LogP contribution in [0.25, 0.3) is 11.3 Å². The molecule has 3 heteroatoms. The maximum atomic E-state index is 4.59. The summed E-state index contributed by atoms with van der Waals surface area (Å²) in [7, 11) is 1.87. The molecule has 18 heavy (non-hydrogen) atoms. The average molecular weight is 239 g/mol. The molecule has 1 heterocycles. The monoisotopic (exact) mass is 239 g/mol. The fraction of sp³-hybridized carbons (Fsp3) is 0.333. The number of benzene rings is 1. The molecule has 3 nitrogen and oxygen atoms in total. The van der Waals surface area contributed by atoms with Gasteiger partial charge < -0.3 is 5.32 Å². The first-order valence-electron chi connectivity index (χ1n) is 6.47. The number of nitrogens with one attached hydrogen (secondary N) is 1. The first kappa shape index (κ1) is 11.2. The summed E-state index contributed by atoms with van der Waals surface area (Å²) in [5.74, 6) is 1.53. The van der Waals surface area contributed by atoms with Crippen molar-refractivity contribution in [2.75, 3.05) is 12.4 Å². The SMILES string of the molecule is CNc1cncc(-c2ccccc2C2CCC2)n1. The van der Waals surface area contributed by atoms with Crippen LogP contribution in [-0.2, 0) is 0 Å². The summed E-state index contributed by atoms with van der Waals surface area (Å²) < 4.78 is 0. The van der Waals surface area contributed by atoms with Gasteiger partial charge in [0.25, 0.3) is 0 Å². The quantitative estimate of drug-likeness (QED) is 0.891. The van der Waals surface area contributed by atoms with E-state index in [1.807, 2.05) is 13.2 Å². The van der Waals surface area contributed by atoms with E-state index in [4.69, 9.17) is 0 Å². The molecule has 0 aliphatic heterocycles. The van der Waals surface area contributed by atoms with Crippen molar-refractivity contribution < 1.29 is 0 Å². The van der Waals surface area contributed by atoms with Crippen LogP contribution in [0.4, 0.5) is 5.82 Å². The molecule has 1 saturated carbocycles. The van der Waals surface area contributed by atoms with Gasteiger partial charge in [0.15, 0.2) is 0 Å². The van der Waals surface area contributed by atoms with Gasteiger partial charge in [-0.05, 0) is 24.3 Å². The van der Waals surface area contributed by atoms with Crippen LogP contribution in [0.3, 0.4) is 0 Å². The molecule has 0 atom stereocenters. The fourth-order valence-electron chi connectivity index (χ4n) is 2.42. The second-order valence-corrected chi connectivity index (χ2v) is 4.75. The molecule has 0 bridgehead atoms. The van der Waals surface area contributed by atoms with Crippen LogP contribution in [-0.4, -0.2) is 17.0 Å². The van der Waals surface area contributed by atoms with E-state index in [9.17, 15) is 0 Å². The third kappa shape index (κ3) is 1.96. The molecule has 1 aromatic heterocycles.